The van der Waals surface area contributed by atoms with E-state index < -0.39 is 11.7 Å². The first-order valence-electron chi connectivity index (χ1n) is 7.92. The van der Waals surface area contributed by atoms with Gasteiger partial charge in [-0.1, -0.05) is 12.1 Å². The van der Waals surface area contributed by atoms with Gasteiger partial charge in [-0.3, -0.25) is 9.36 Å². The second-order valence-corrected chi connectivity index (χ2v) is 7.97. The molecule has 0 fully saturated rings. The summed E-state index contributed by atoms with van der Waals surface area (Å²) in [6, 6.07) is 10.8. The van der Waals surface area contributed by atoms with Crippen LogP contribution in [0.1, 0.15) is 12.3 Å². The highest BCUT2D eigenvalue weighted by molar-refractivity contribution is 9.11. The van der Waals surface area contributed by atoms with Crippen LogP contribution in [0.3, 0.4) is 0 Å². The molecule has 0 aliphatic rings. The highest BCUT2D eigenvalue weighted by Gasteiger charge is 2.14. The van der Waals surface area contributed by atoms with Crippen LogP contribution < -0.4 is 5.76 Å². The fourth-order valence-electron chi connectivity index (χ4n) is 2.48. The lowest BCUT2D eigenvalue weighted by atomic mass is 10.3. The van der Waals surface area contributed by atoms with Crippen LogP contribution in [0.25, 0.3) is 21.9 Å². The van der Waals surface area contributed by atoms with Gasteiger partial charge in [0.1, 0.15) is 0 Å². The van der Waals surface area contributed by atoms with Crippen molar-refractivity contribution in [2.75, 3.05) is 0 Å². The van der Waals surface area contributed by atoms with E-state index >= 15 is 0 Å². The second kappa shape index (κ2) is 7.49. The molecule has 27 heavy (non-hydrogen) atoms. The van der Waals surface area contributed by atoms with Crippen molar-refractivity contribution in [3.05, 3.63) is 56.6 Å². The summed E-state index contributed by atoms with van der Waals surface area (Å²) in [5.74, 6) is -0.416. The summed E-state index contributed by atoms with van der Waals surface area (Å²) >= 11 is 4.83. The minimum absolute atomic E-state index is 0.0162. The van der Waals surface area contributed by atoms with Gasteiger partial charge in [0.15, 0.2) is 12.2 Å². The Morgan fingerprint density at radius 3 is 2.85 bits per heavy atom. The first-order chi connectivity index (χ1) is 13.1. The van der Waals surface area contributed by atoms with E-state index in [9.17, 15) is 9.59 Å². The van der Waals surface area contributed by atoms with Crippen LogP contribution in [-0.2, 0) is 22.7 Å². The molecule has 0 bridgehead atoms. The molecule has 0 radical (unpaired) electrons. The van der Waals surface area contributed by atoms with Crippen molar-refractivity contribution in [2.45, 2.75) is 19.6 Å². The van der Waals surface area contributed by atoms with Crippen molar-refractivity contribution >= 4 is 44.3 Å². The average molecular weight is 450 g/mol. The molecule has 0 spiro atoms. The van der Waals surface area contributed by atoms with E-state index in [-0.39, 0.29) is 25.5 Å². The largest absolute Gasteiger partial charge is 0.456 e. The minimum atomic E-state index is -0.507. The fourth-order valence-corrected chi connectivity index (χ4v) is 3.79. The Morgan fingerprint density at radius 1 is 1.19 bits per heavy atom. The molecule has 0 aliphatic carbocycles. The zero-order chi connectivity index (χ0) is 18.8. The SMILES string of the molecule is O=C(CCn1c(=O)oc2ccccc21)OCc1nnc(-c2ccc(Br)s2)o1. The van der Waals surface area contributed by atoms with Gasteiger partial charge >= 0.3 is 11.7 Å². The van der Waals surface area contributed by atoms with Crippen molar-refractivity contribution in [1.29, 1.82) is 0 Å². The molecule has 0 aliphatic heterocycles. The Hall–Kier alpha value is -2.72. The van der Waals surface area contributed by atoms with E-state index in [1.165, 1.54) is 15.9 Å². The molecule has 4 rings (SSSR count). The molecule has 0 N–H and O–H groups in total. The molecule has 138 valence electrons. The minimum Gasteiger partial charge on any atom is -0.456 e. The molecule has 3 aromatic heterocycles. The third-order valence-electron chi connectivity index (χ3n) is 3.72. The van der Waals surface area contributed by atoms with Gasteiger partial charge in [-0.2, -0.15) is 0 Å². The number of oxazole rings is 1. The van der Waals surface area contributed by atoms with Crippen LogP contribution >= 0.6 is 27.3 Å². The standard InChI is InChI=1S/C17H12BrN3O5S/c18-13-6-5-12(27-13)16-20-19-14(26-16)9-24-15(22)7-8-21-10-3-1-2-4-11(10)25-17(21)23/h1-6H,7-9H2. The van der Waals surface area contributed by atoms with Crippen LogP contribution in [0.2, 0.25) is 0 Å². The number of ether oxygens (including phenoxy) is 1. The molecule has 0 atom stereocenters. The van der Waals surface area contributed by atoms with E-state index in [2.05, 4.69) is 26.1 Å². The number of rotatable bonds is 6. The van der Waals surface area contributed by atoms with Crippen LogP contribution in [-0.4, -0.2) is 20.7 Å². The lowest BCUT2D eigenvalue weighted by molar-refractivity contribution is -0.145. The average Bonchev–Trinajstić information content (AvgIpc) is 3.36. The normalized spacial score (nSPS) is 11.1. The number of thiophene rings is 1. The number of benzene rings is 1. The summed E-state index contributed by atoms with van der Waals surface area (Å²) in [7, 11) is 0. The summed E-state index contributed by atoms with van der Waals surface area (Å²) in [4.78, 5) is 24.7. The number of hydrogen-bond acceptors (Lipinski definition) is 8. The topological polar surface area (TPSA) is 100 Å². The lowest BCUT2D eigenvalue weighted by Gasteiger charge is -2.03. The molecule has 0 saturated heterocycles. The van der Waals surface area contributed by atoms with E-state index in [0.29, 0.717) is 17.0 Å². The zero-order valence-corrected chi connectivity index (χ0v) is 16.2. The summed E-state index contributed by atoms with van der Waals surface area (Å²) < 4.78 is 18.1. The van der Waals surface area contributed by atoms with E-state index in [1.54, 1.807) is 24.3 Å². The number of halogens is 1. The summed E-state index contributed by atoms with van der Waals surface area (Å²) in [6.07, 6.45) is 0.0162. The van der Waals surface area contributed by atoms with Gasteiger partial charge in [0.25, 0.3) is 11.8 Å². The third-order valence-corrected chi connectivity index (χ3v) is 5.33. The van der Waals surface area contributed by atoms with Gasteiger partial charge in [-0.15, -0.1) is 21.5 Å². The number of carbonyl (C=O) groups is 1. The highest BCUT2D eigenvalue weighted by Crippen LogP contribution is 2.30. The third kappa shape index (κ3) is 3.86. The van der Waals surface area contributed by atoms with Crippen molar-refractivity contribution < 1.29 is 18.4 Å². The van der Waals surface area contributed by atoms with Gasteiger partial charge in [0, 0.05) is 6.54 Å². The van der Waals surface area contributed by atoms with Gasteiger partial charge in [0.2, 0.25) is 0 Å². The first kappa shape index (κ1) is 17.7. The number of aromatic nitrogens is 3. The van der Waals surface area contributed by atoms with Crippen molar-refractivity contribution in [1.82, 2.24) is 14.8 Å². The molecule has 1 aromatic carbocycles. The smallest absolute Gasteiger partial charge is 0.419 e. The number of aryl methyl sites for hydroxylation is 1. The monoisotopic (exact) mass is 449 g/mol. The maximum absolute atomic E-state index is 12.0. The van der Waals surface area contributed by atoms with Crippen LogP contribution in [0.15, 0.2) is 53.8 Å². The van der Waals surface area contributed by atoms with E-state index in [1.807, 2.05) is 12.1 Å². The molecule has 3 heterocycles. The Kier molecular flexibility index (Phi) is 4.90. The van der Waals surface area contributed by atoms with Crippen molar-refractivity contribution in [3.8, 4) is 10.8 Å². The lowest BCUT2D eigenvalue weighted by Crippen LogP contribution is -2.17. The quantitative estimate of drug-likeness (QED) is 0.414. The number of hydrogen-bond donors (Lipinski definition) is 0. The number of nitrogens with zero attached hydrogens (tertiary/aromatic N) is 3. The van der Waals surface area contributed by atoms with Crippen molar-refractivity contribution in [3.63, 3.8) is 0 Å². The summed E-state index contributed by atoms with van der Waals surface area (Å²) in [5.41, 5.74) is 1.12. The van der Waals surface area contributed by atoms with E-state index in [4.69, 9.17) is 13.6 Å². The molecule has 8 nitrogen and oxygen atoms in total. The van der Waals surface area contributed by atoms with Crippen LogP contribution in [0.4, 0.5) is 0 Å². The number of carbonyl (C=O) groups excluding carboxylic acids is 1. The molecular formula is C17H12BrN3O5S. The maximum Gasteiger partial charge on any atom is 0.419 e. The Labute approximate surface area is 164 Å². The fraction of sp³-hybridized carbons (Fsp3) is 0.176. The molecule has 4 aromatic rings. The van der Waals surface area contributed by atoms with Gasteiger partial charge in [0.05, 0.1) is 20.6 Å². The number of para-hydroxylation sites is 2. The van der Waals surface area contributed by atoms with Gasteiger partial charge in [-0.25, -0.2) is 4.79 Å². The van der Waals surface area contributed by atoms with Crippen LogP contribution in [0.5, 0.6) is 0 Å². The summed E-state index contributed by atoms with van der Waals surface area (Å²) in [6.45, 7) is 0.0341. The highest BCUT2D eigenvalue weighted by atomic mass is 79.9. The Bertz CT molecular complexity index is 1160. The summed E-state index contributed by atoms with van der Waals surface area (Å²) in [5, 5.41) is 7.80. The predicted molar refractivity (Wildman–Crippen MR) is 100 cm³/mol. The molecule has 0 unspecified atom stereocenters. The molecule has 0 saturated carbocycles. The Balaban J connectivity index is 1.34. The number of fused-ring (bicyclic) bond motifs is 1. The van der Waals surface area contributed by atoms with E-state index in [0.717, 1.165) is 8.66 Å². The predicted octanol–water partition coefficient (Wildman–Crippen LogP) is 3.60. The van der Waals surface area contributed by atoms with Crippen LogP contribution in [0, 0.1) is 0 Å². The molecular weight excluding hydrogens is 438 g/mol. The van der Waals surface area contributed by atoms with Crippen molar-refractivity contribution in [2.24, 2.45) is 0 Å². The molecule has 10 heteroatoms. The second-order valence-electron chi connectivity index (χ2n) is 5.50. The zero-order valence-electron chi connectivity index (χ0n) is 13.8. The number of esters is 1. The van der Waals surface area contributed by atoms with Gasteiger partial charge in [-0.05, 0) is 40.2 Å². The Morgan fingerprint density at radius 2 is 2.04 bits per heavy atom. The maximum atomic E-state index is 12.0. The van der Waals surface area contributed by atoms with Gasteiger partial charge < -0.3 is 13.6 Å². The molecule has 0 amide bonds. The first-order valence-corrected chi connectivity index (χ1v) is 9.53.